The van der Waals surface area contributed by atoms with Gasteiger partial charge < -0.3 is 20.8 Å². The van der Waals surface area contributed by atoms with Crippen LogP contribution < -0.4 is 10.6 Å². The number of hydrogen-bond donors (Lipinski definition) is 4. The maximum absolute atomic E-state index is 12.0. The molecule has 0 radical (unpaired) electrons. The Balaban J connectivity index is 2.10. The fraction of sp³-hybridized carbons (Fsp3) is 0.333. The molecule has 1 aromatic rings. The summed E-state index contributed by atoms with van der Waals surface area (Å²) < 4.78 is 0. The molecular formula is C12H14N2O4. The van der Waals surface area contributed by atoms with Gasteiger partial charge in [0.1, 0.15) is 6.04 Å². The van der Waals surface area contributed by atoms with Crippen molar-refractivity contribution in [3.05, 3.63) is 29.8 Å². The summed E-state index contributed by atoms with van der Waals surface area (Å²) in [6, 6.07) is 6.12. The van der Waals surface area contributed by atoms with E-state index in [2.05, 4.69) is 10.6 Å². The minimum Gasteiger partial charge on any atom is -0.480 e. The van der Waals surface area contributed by atoms with Gasteiger partial charge in [-0.1, -0.05) is 18.2 Å². The third-order valence-corrected chi connectivity index (χ3v) is 2.95. The zero-order valence-corrected chi connectivity index (χ0v) is 9.59. The van der Waals surface area contributed by atoms with Crippen molar-refractivity contribution >= 4 is 17.6 Å². The Hall–Kier alpha value is -2.08. The smallest absolute Gasteiger partial charge is 0.328 e. The van der Waals surface area contributed by atoms with E-state index in [1.165, 1.54) is 0 Å². The molecule has 0 aromatic heterocycles. The van der Waals surface area contributed by atoms with E-state index in [-0.39, 0.29) is 0 Å². The summed E-state index contributed by atoms with van der Waals surface area (Å²) >= 11 is 0. The van der Waals surface area contributed by atoms with Crippen LogP contribution >= 0.6 is 0 Å². The number of aliphatic carboxylic acids is 1. The van der Waals surface area contributed by atoms with Crippen molar-refractivity contribution in [2.24, 2.45) is 0 Å². The molecule has 1 unspecified atom stereocenters. The molecule has 1 aliphatic heterocycles. The second-order valence-corrected chi connectivity index (χ2v) is 4.10. The molecule has 0 bridgehead atoms. The zero-order valence-electron chi connectivity index (χ0n) is 9.59. The van der Waals surface area contributed by atoms with Gasteiger partial charge in [-0.25, -0.2) is 4.79 Å². The minimum absolute atomic E-state index is 0.395. The van der Waals surface area contributed by atoms with Gasteiger partial charge in [-0.05, 0) is 11.6 Å². The molecule has 0 fully saturated rings. The average molecular weight is 250 g/mol. The summed E-state index contributed by atoms with van der Waals surface area (Å²) in [5, 5.41) is 23.0. The van der Waals surface area contributed by atoms with Crippen LogP contribution in [0.15, 0.2) is 24.3 Å². The number of carboxylic acids is 1. The van der Waals surface area contributed by atoms with Crippen LogP contribution in [-0.4, -0.2) is 41.3 Å². The van der Waals surface area contributed by atoms with Crippen molar-refractivity contribution < 1.29 is 19.8 Å². The number of carbonyl (C=O) groups is 2. The van der Waals surface area contributed by atoms with Crippen molar-refractivity contribution in [2.45, 2.75) is 12.0 Å². The van der Waals surface area contributed by atoms with Crippen LogP contribution in [0, 0.1) is 0 Å². The molecule has 1 amide bonds. The Kier molecular flexibility index (Phi) is 3.47. The number of amides is 1. The van der Waals surface area contributed by atoms with Crippen molar-refractivity contribution in [3.63, 3.8) is 0 Å². The Morgan fingerprint density at radius 2 is 2.17 bits per heavy atom. The van der Waals surface area contributed by atoms with Crippen molar-refractivity contribution in [1.82, 2.24) is 5.32 Å². The number of nitrogens with one attached hydrogen (secondary N) is 2. The largest absolute Gasteiger partial charge is 0.480 e. The van der Waals surface area contributed by atoms with Crippen LogP contribution in [-0.2, 0) is 9.59 Å². The molecular weight excluding hydrogens is 236 g/mol. The van der Waals surface area contributed by atoms with Crippen LogP contribution in [0.4, 0.5) is 5.69 Å². The first-order valence-corrected chi connectivity index (χ1v) is 5.60. The van der Waals surface area contributed by atoms with Crippen LogP contribution in [0.3, 0.4) is 0 Å². The number of fused-ring (bicyclic) bond motifs is 1. The highest BCUT2D eigenvalue weighted by molar-refractivity contribution is 5.91. The topological polar surface area (TPSA) is 98.7 Å². The summed E-state index contributed by atoms with van der Waals surface area (Å²) in [5.41, 5.74) is 1.73. The van der Waals surface area contributed by atoms with Gasteiger partial charge in [-0.15, -0.1) is 0 Å². The molecule has 6 nitrogen and oxygen atoms in total. The summed E-state index contributed by atoms with van der Waals surface area (Å²) in [5.74, 6) is -2.06. The fourth-order valence-corrected chi connectivity index (χ4v) is 1.98. The van der Waals surface area contributed by atoms with Gasteiger partial charge in [-0.3, -0.25) is 4.79 Å². The molecule has 4 N–H and O–H groups in total. The quantitative estimate of drug-likeness (QED) is 0.591. The number of benzene rings is 1. The zero-order chi connectivity index (χ0) is 13.1. The first kappa shape index (κ1) is 12.4. The third-order valence-electron chi connectivity index (χ3n) is 2.95. The van der Waals surface area contributed by atoms with Gasteiger partial charge >= 0.3 is 5.97 Å². The van der Waals surface area contributed by atoms with Gasteiger partial charge in [0.2, 0.25) is 5.91 Å². The summed E-state index contributed by atoms with van der Waals surface area (Å²) in [6.45, 7) is -0.189. The second kappa shape index (κ2) is 5.05. The highest BCUT2D eigenvalue weighted by atomic mass is 16.4. The maximum atomic E-state index is 12.0. The first-order valence-electron chi connectivity index (χ1n) is 5.60. The van der Waals surface area contributed by atoms with Crippen LogP contribution in [0.1, 0.15) is 11.5 Å². The molecule has 0 aliphatic carbocycles. The highest BCUT2D eigenvalue weighted by Gasteiger charge is 2.30. The highest BCUT2D eigenvalue weighted by Crippen LogP contribution is 2.30. The number of rotatable bonds is 4. The van der Waals surface area contributed by atoms with Gasteiger partial charge in [0, 0.05) is 12.2 Å². The lowest BCUT2D eigenvalue weighted by Gasteiger charge is -2.15. The predicted octanol–water partition coefficient (Wildman–Crippen LogP) is -0.243. The van der Waals surface area contributed by atoms with Crippen molar-refractivity contribution in [1.29, 1.82) is 0 Å². The fourth-order valence-electron chi connectivity index (χ4n) is 1.98. The van der Waals surface area contributed by atoms with Crippen molar-refractivity contribution in [2.75, 3.05) is 18.5 Å². The minimum atomic E-state index is -1.26. The number of carboxylic acid groups (broad SMARTS) is 1. The van der Waals surface area contributed by atoms with E-state index in [4.69, 9.17) is 10.2 Å². The number of para-hydroxylation sites is 1. The molecule has 0 spiro atoms. The first-order chi connectivity index (χ1) is 8.63. The Bertz CT molecular complexity index is 475. The average Bonchev–Trinajstić information content (AvgIpc) is 2.79. The van der Waals surface area contributed by atoms with Gasteiger partial charge in [0.05, 0.1) is 12.5 Å². The molecule has 1 heterocycles. The standard InChI is InChI=1S/C12H14N2O4/c15-6-10(12(17)18)14-11(16)8-5-13-9-4-2-1-3-7(8)9/h1-4,8,10,13,15H,5-6H2,(H,14,16)(H,17,18)/t8?,10-/m0/s1. The molecule has 96 valence electrons. The number of aliphatic hydroxyl groups excluding tert-OH is 1. The van der Waals surface area contributed by atoms with Crippen molar-refractivity contribution in [3.8, 4) is 0 Å². The molecule has 1 aromatic carbocycles. The lowest BCUT2D eigenvalue weighted by atomic mass is 10.0. The summed E-state index contributed by atoms with van der Waals surface area (Å²) in [4.78, 5) is 22.7. The van der Waals surface area contributed by atoms with E-state index >= 15 is 0 Å². The Labute approximate surface area is 104 Å². The lowest BCUT2D eigenvalue weighted by molar-refractivity contribution is -0.143. The Morgan fingerprint density at radius 1 is 1.44 bits per heavy atom. The van der Waals surface area contributed by atoms with Gasteiger partial charge in [0.25, 0.3) is 0 Å². The molecule has 6 heteroatoms. The van der Waals surface area contributed by atoms with E-state index in [1.54, 1.807) is 0 Å². The third kappa shape index (κ3) is 2.28. The summed E-state index contributed by atoms with van der Waals surface area (Å²) in [7, 11) is 0. The predicted molar refractivity (Wildman–Crippen MR) is 64.3 cm³/mol. The molecule has 2 rings (SSSR count). The van der Waals surface area contributed by atoms with Crippen LogP contribution in [0.5, 0.6) is 0 Å². The molecule has 18 heavy (non-hydrogen) atoms. The number of anilines is 1. The van der Waals surface area contributed by atoms with Crippen LogP contribution in [0.2, 0.25) is 0 Å². The van der Waals surface area contributed by atoms with E-state index in [9.17, 15) is 9.59 Å². The van der Waals surface area contributed by atoms with Gasteiger partial charge in [-0.2, -0.15) is 0 Å². The van der Waals surface area contributed by atoms with E-state index < -0.39 is 30.4 Å². The second-order valence-electron chi connectivity index (χ2n) is 4.10. The SMILES string of the molecule is O=C(N[C@@H](CO)C(=O)O)C1CNc2ccccc21. The Morgan fingerprint density at radius 3 is 2.83 bits per heavy atom. The van der Waals surface area contributed by atoms with Crippen LogP contribution in [0.25, 0.3) is 0 Å². The molecule has 0 saturated heterocycles. The molecule has 1 aliphatic rings. The van der Waals surface area contributed by atoms with E-state index in [1.807, 2.05) is 24.3 Å². The number of hydrogen-bond acceptors (Lipinski definition) is 4. The summed E-state index contributed by atoms with van der Waals surface area (Å²) in [6.07, 6.45) is 0. The van der Waals surface area contributed by atoms with E-state index in [0.717, 1.165) is 11.3 Å². The van der Waals surface area contributed by atoms with Gasteiger partial charge in [0.15, 0.2) is 0 Å². The van der Waals surface area contributed by atoms with E-state index in [0.29, 0.717) is 6.54 Å². The number of carbonyl (C=O) groups excluding carboxylic acids is 1. The lowest BCUT2D eigenvalue weighted by Crippen LogP contribution is -2.45. The number of aliphatic hydroxyl groups is 1. The maximum Gasteiger partial charge on any atom is 0.328 e. The monoisotopic (exact) mass is 250 g/mol. The molecule has 0 saturated carbocycles. The normalized spacial score (nSPS) is 18.6. The molecule has 2 atom stereocenters.